The quantitative estimate of drug-likeness (QED) is 0.241. The van der Waals surface area contributed by atoms with Gasteiger partial charge in [0.1, 0.15) is 6.04 Å². The van der Waals surface area contributed by atoms with Gasteiger partial charge in [0.25, 0.3) is 0 Å². The fourth-order valence-corrected chi connectivity index (χ4v) is 2.37. The maximum absolute atomic E-state index is 9.75. The summed E-state index contributed by atoms with van der Waals surface area (Å²) in [6, 6.07) is 3.80. The molecule has 0 aliphatic heterocycles. The summed E-state index contributed by atoms with van der Waals surface area (Å²) in [7, 11) is 3.96. The summed E-state index contributed by atoms with van der Waals surface area (Å²) in [6.45, 7) is 0. The number of nitrogens with zero attached hydrogens (tertiary/aromatic N) is 1. The number of hydrogen-bond acceptors (Lipinski definition) is 3. The van der Waals surface area contributed by atoms with E-state index in [-0.39, 0.29) is 28.5 Å². The molecule has 1 unspecified atom stereocenters. The molecule has 0 fully saturated rings. The Balaban J connectivity index is 0.00000144. The van der Waals surface area contributed by atoms with Crippen LogP contribution in [0.25, 0.3) is 0 Å². The minimum absolute atomic E-state index is 0. The van der Waals surface area contributed by atoms with Crippen LogP contribution in [0.4, 0.5) is 0 Å². The number of phenols is 2. The van der Waals surface area contributed by atoms with Gasteiger partial charge in [0.05, 0.1) is 14.1 Å². The molecule has 1 aromatic rings. The maximum atomic E-state index is 9.75. The number of quaternary nitrogens is 1. The van der Waals surface area contributed by atoms with Gasteiger partial charge >= 0.3 is 0 Å². The van der Waals surface area contributed by atoms with Crippen molar-refractivity contribution in [2.24, 2.45) is 5.84 Å². The van der Waals surface area contributed by atoms with Crippen molar-refractivity contribution >= 4 is 0 Å². The zero-order valence-electron chi connectivity index (χ0n) is 10.2. The Labute approximate surface area is 112 Å². The van der Waals surface area contributed by atoms with E-state index in [1.807, 2.05) is 20.2 Å². The van der Waals surface area contributed by atoms with Crippen LogP contribution in [0, 0.1) is 0 Å². The fourth-order valence-electron chi connectivity index (χ4n) is 2.37. The summed E-state index contributed by atoms with van der Waals surface area (Å²) in [4.78, 5) is 0. The number of benzene rings is 1. The highest BCUT2D eigenvalue weighted by atomic mass is 79.9. The molecule has 17 heavy (non-hydrogen) atoms. The summed E-state index contributed by atoms with van der Waals surface area (Å²) in [6.07, 6.45) is 2.57. The average Bonchev–Trinajstić information content (AvgIpc) is 2.22. The molecule has 1 atom stereocenters. The monoisotopic (exact) mass is 302 g/mol. The van der Waals surface area contributed by atoms with Crippen LogP contribution in [0.15, 0.2) is 12.1 Å². The molecule has 0 radical (unpaired) electrons. The smallest absolute Gasteiger partial charge is 0.160 e. The zero-order chi connectivity index (χ0) is 11.9. The van der Waals surface area contributed by atoms with Crippen molar-refractivity contribution in [3.05, 3.63) is 23.3 Å². The highest BCUT2D eigenvalue weighted by molar-refractivity contribution is 5.50. The Morgan fingerprint density at radius 3 is 2.53 bits per heavy atom. The van der Waals surface area contributed by atoms with Crippen molar-refractivity contribution in [3.8, 4) is 11.5 Å². The predicted octanol–water partition coefficient (Wildman–Crippen LogP) is -2.09. The molecular formula is C12H19BrN2O2. The van der Waals surface area contributed by atoms with Crippen molar-refractivity contribution in [2.45, 2.75) is 25.3 Å². The van der Waals surface area contributed by atoms with Gasteiger partial charge in [-0.1, -0.05) is 6.07 Å². The van der Waals surface area contributed by atoms with Crippen LogP contribution in [0.5, 0.6) is 11.5 Å². The average molecular weight is 303 g/mol. The molecule has 1 aliphatic carbocycles. The number of halogens is 1. The first-order valence-electron chi connectivity index (χ1n) is 5.54. The molecule has 0 saturated heterocycles. The number of fused-ring (bicyclic) bond motifs is 1. The lowest BCUT2D eigenvalue weighted by molar-refractivity contribution is -0.927. The topological polar surface area (TPSA) is 66.5 Å². The Morgan fingerprint density at radius 1 is 1.29 bits per heavy atom. The molecule has 96 valence electrons. The Morgan fingerprint density at radius 2 is 1.94 bits per heavy atom. The first kappa shape index (κ1) is 14.3. The van der Waals surface area contributed by atoms with E-state index < -0.39 is 0 Å². The second-order valence-electron chi connectivity index (χ2n) is 5.10. The van der Waals surface area contributed by atoms with E-state index in [1.54, 1.807) is 6.07 Å². The number of phenolic OH excluding ortho intramolecular Hbond substituents is 2. The van der Waals surface area contributed by atoms with Crippen molar-refractivity contribution in [1.82, 2.24) is 0 Å². The van der Waals surface area contributed by atoms with Crippen LogP contribution in [0.3, 0.4) is 0 Å². The maximum Gasteiger partial charge on any atom is 0.160 e. The van der Waals surface area contributed by atoms with E-state index in [1.165, 1.54) is 0 Å². The summed E-state index contributed by atoms with van der Waals surface area (Å²) in [5.41, 5.74) is 1.98. The minimum Gasteiger partial charge on any atom is -1.00 e. The lowest BCUT2D eigenvalue weighted by Crippen LogP contribution is -3.00. The zero-order valence-corrected chi connectivity index (χ0v) is 11.7. The summed E-state index contributed by atoms with van der Waals surface area (Å²) in [5, 5.41) is 19.2. The molecule has 0 aromatic heterocycles. The van der Waals surface area contributed by atoms with E-state index in [9.17, 15) is 10.2 Å². The Hall–Kier alpha value is -0.780. The van der Waals surface area contributed by atoms with Gasteiger partial charge in [-0.2, -0.15) is 5.84 Å². The van der Waals surface area contributed by atoms with Gasteiger partial charge in [-0.05, 0) is 18.1 Å². The molecule has 5 heteroatoms. The third-order valence-electron chi connectivity index (χ3n) is 3.48. The number of aromatic hydroxyl groups is 2. The van der Waals surface area contributed by atoms with Crippen molar-refractivity contribution in [1.29, 1.82) is 0 Å². The van der Waals surface area contributed by atoms with Crippen LogP contribution in [0.1, 0.15) is 17.5 Å². The van der Waals surface area contributed by atoms with E-state index in [0.29, 0.717) is 10.6 Å². The van der Waals surface area contributed by atoms with Crippen LogP contribution in [-0.2, 0) is 12.8 Å². The second-order valence-corrected chi connectivity index (χ2v) is 5.10. The van der Waals surface area contributed by atoms with Crippen molar-refractivity contribution in [3.63, 3.8) is 0 Å². The molecule has 0 saturated carbocycles. The lowest BCUT2D eigenvalue weighted by atomic mass is 9.86. The van der Waals surface area contributed by atoms with E-state index in [0.717, 1.165) is 30.4 Å². The summed E-state index contributed by atoms with van der Waals surface area (Å²) >= 11 is 0. The number of hydrogen-bond donors (Lipinski definition) is 3. The molecule has 0 spiro atoms. The fraction of sp³-hybridized carbons (Fsp3) is 0.500. The molecular weight excluding hydrogens is 284 g/mol. The minimum atomic E-state index is -0.0290. The third kappa shape index (κ3) is 2.73. The highest BCUT2D eigenvalue weighted by Gasteiger charge is 2.31. The number of rotatable bonds is 1. The standard InChI is InChI=1S/C12H18N2O2.BrH/c1-14(2,13)9-4-5-10-8(7-9)3-6-11(15)12(10)16;/h3,6,9H,4-5,7,13H2,1-2H3,(H-,15,16);1H. The number of nitrogens with two attached hydrogens (primary N) is 1. The SMILES string of the molecule is C[N+](C)(N)C1CCc2c(ccc(O)c2O)C1.[Br-]. The second kappa shape index (κ2) is 4.84. The molecule has 0 heterocycles. The molecule has 0 bridgehead atoms. The number of likely N-dealkylation sites (N-methyl/N-ethyl adjacent to an activating group) is 1. The molecule has 1 aliphatic rings. The molecule has 2 rings (SSSR count). The van der Waals surface area contributed by atoms with Crippen LogP contribution >= 0.6 is 0 Å². The lowest BCUT2D eigenvalue weighted by Gasteiger charge is -2.36. The van der Waals surface area contributed by atoms with Gasteiger partial charge in [-0.15, -0.1) is 0 Å². The van der Waals surface area contributed by atoms with Gasteiger partial charge in [-0.25, -0.2) is 0 Å². The predicted molar refractivity (Wildman–Crippen MR) is 61.9 cm³/mol. The normalized spacial score (nSPS) is 19.4. The summed E-state index contributed by atoms with van der Waals surface area (Å²) < 4.78 is 0.446. The van der Waals surface area contributed by atoms with Gasteiger partial charge in [0.2, 0.25) is 0 Å². The molecule has 0 amide bonds. The highest BCUT2D eigenvalue weighted by Crippen LogP contribution is 2.36. The van der Waals surface area contributed by atoms with Gasteiger partial charge < -0.3 is 27.2 Å². The van der Waals surface area contributed by atoms with E-state index in [2.05, 4.69) is 0 Å². The Bertz CT molecular complexity index is 416. The summed E-state index contributed by atoms with van der Waals surface area (Å²) in [5.74, 6) is 6.07. The molecule has 4 nitrogen and oxygen atoms in total. The third-order valence-corrected chi connectivity index (χ3v) is 3.48. The van der Waals surface area contributed by atoms with Crippen LogP contribution in [-0.4, -0.2) is 34.9 Å². The van der Waals surface area contributed by atoms with Crippen LogP contribution in [0.2, 0.25) is 0 Å². The van der Waals surface area contributed by atoms with E-state index >= 15 is 0 Å². The van der Waals surface area contributed by atoms with Gasteiger partial charge in [0.15, 0.2) is 11.5 Å². The van der Waals surface area contributed by atoms with E-state index in [4.69, 9.17) is 5.84 Å². The van der Waals surface area contributed by atoms with Crippen molar-refractivity contribution < 1.29 is 31.8 Å². The Kier molecular flexibility index (Phi) is 4.06. The first-order chi connectivity index (χ1) is 7.39. The largest absolute Gasteiger partial charge is 1.00 e. The molecule has 4 N–H and O–H groups in total. The van der Waals surface area contributed by atoms with Gasteiger partial charge in [-0.3, -0.25) is 4.59 Å². The van der Waals surface area contributed by atoms with Gasteiger partial charge in [0, 0.05) is 18.4 Å². The van der Waals surface area contributed by atoms with Crippen LogP contribution < -0.4 is 22.8 Å². The first-order valence-corrected chi connectivity index (χ1v) is 5.54. The molecule has 1 aromatic carbocycles. The van der Waals surface area contributed by atoms with Crippen molar-refractivity contribution in [2.75, 3.05) is 14.1 Å².